The largest absolute Gasteiger partial charge is 0.478 e. The number of hydrogen-bond acceptors (Lipinski definition) is 3. The number of aromatic amines is 1. The van der Waals surface area contributed by atoms with Gasteiger partial charge in [0.1, 0.15) is 5.82 Å². The second kappa shape index (κ2) is 6.69. The fraction of sp³-hybridized carbons (Fsp3) is 0.300. The van der Waals surface area contributed by atoms with Crippen molar-refractivity contribution in [1.82, 2.24) is 14.9 Å². The van der Waals surface area contributed by atoms with Gasteiger partial charge in [-0.2, -0.15) is 0 Å². The molecule has 5 heteroatoms. The van der Waals surface area contributed by atoms with Gasteiger partial charge in [0.05, 0.1) is 16.6 Å². The quantitative estimate of drug-likeness (QED) is 0.764. The molecular weight excluding hydrogens is 314 g/mol. The highest BCUT2D eigenvalue weighted by atomic mass is 16.4. The van der Waals surface area contributed by atoms with E-state index in [-0.39, 0.29) is 0 Å². The Kier molecular flexibility index (Phi) is 4.24. The SMILES string of the molecule is O=C(O)c1ccc(CN2CCC(c3nc4ccccc4[nH]3)CC2)cc1. The number of benzene rings is 2. The Balaban J connectivity index is 1.37. The van der Waals surface area contributed by atoms with Gasteiger partial charge in [-0.3, -0.25) is 4.90 Å². The van der Waals surface area contributed by atoms with E-state index in [0.29, 0.717) is 11.5 Å². The van der Waals surface area contributed by atoms with Gasteiger partial charge in [-0.25, -0.2) is 9.78 Å². The van der Waals surface area contributed by atoms with Crippen LogP contribution < -0.4 is 0 Å². The zero-order valence-electron chi connectivity index (χ0n) is 14.0. The summed E-state index contributed by atoms with van der Waals surface area (Å²) < 4.78 is 0. The third kappa shape index (κ3) is 3.42. The van der Waals surface area contributed by atoms with Crippen molar-refractivity contribution in [2.45, 2.75) is 25.3 Å². The van der Waals surface area contributed by atoms with Crippen molar-refractivity contribution >= 4 is 17.0 Å². The monoisotopic (exact) mass is 335 g/mol. The number of imidazole rings is 1. The molecule has 0 spiro atoms. The van der Waals surface area contributed by atoms with Crippen LogP contribution in [0.3, 0.4) is 0 Å². The summed E-state index contributed by atoms with van der Waals surface area (Å²) in [5.74, 6) is 0.711. The van der Waals surface area contributed by atoms with Gasteiger partial charge in [-0.1, -0.05) is 24.3 Å². The molecule has 0 atom stereocenters. The van der Waals surface area contributed by atoms with E-state index in [0.717, 1.165) is 54.9 Å². The molecule has 25 heavy (non-hydrogen) atoms. The zero-order valence-corrected chi connectivity index (χ0v) is 14.0. The predicted molar refractivity (Wildman–Crippen MR) is 96.7 cm³/mol. The maximum Gasteiger partial charge on any atom is 0.335 e. The van der Waals surface area contributed by atoms with E-state index in [1.807, 2.05) is 30.3 Å². The van der Waals surface area contributed by atoms with Crippen LogP contribution in [0.1, 0.15) is 40.5 Å². The van der Waals surface area contributed by atoms with Crippen LogP contribution in [-0.2, 0) is 6.54 Å². The first-order valence-corrected chi connectivity index (χ1v) is 8.68. The smallest absolute Gasteiger partial charge is 0.335 e. The van der Waals surface area contributed by atoms with Crippen LogP contribution in [0.25, 0.3) is 11.0 Å². The van der Waals surface area contributed by atoms with Crippen molar-refractivity contribution in [1.29, 1.82) is 0 Å². The number of aromatic carboxylic acids is 1. The van der Waals surface area contributed by atoms with Crippen molar-refractivity contribution < 1.29 is 9.90 Å². The summed E-state index contributed by atoms with van der Waals surface area (Å²) in [4.78, 5) is 21.5. The normalized spacial score (nSPS) is 16.3. The van der Waals surface area contributed by atoms with Crippen LogP contribution in [0.5, 0.6) is 0 Å². The fourth-order valence-electron chi connectivity index (χ4n) is 3.54. The number of carbonyl (C=O) groups is 1. The Morgan fingerprint density at radius 3 is 2.52 bits per heavy atom. The summed E-state index contributed by atoms with van der Waals surface area (Å²) in [5, 5.41) is 8.97. The molecule has 1 aliphatic rings. The van der Waals surface area contributed by atoms with Crippen molar-refractivity contribution in [3.8, 4) is 0 Å². The van der Waals surface area contributed by atoms with Gasteiger partial charge in [0, 0.05) is 12.5 Å². The van der Waals surface area contributed by atoms with Crippen LogP contribution in [0, 0.1) is 0 Å². The van der Waals surface area contributed by atoms with E-state index in [1.165, 1.54) is 0 Å². The van der Waals surface area contributed by atoms with Crippen molar-refractivity contribution in [3.05, 3.63) is 65.5 Å². The second-order valence-electron chi connectivity index (χ2n) is 6.69. The minimum Gasteiger partial charge on any atom is -0.478 e. The first kappa shape index (κ1) is 15.8. The number of nitrogens with one attached hydrogen (secondary N) is 1. The summed E-state index contributed by atoms with van der Waals surface area (Å²) in [6.07, 6.45) is 2.18. The molecule has 2 N–H and O–H groups in total. The minimum atomic E-state index is -0.877. The number of hydrogen-bond donors (Lipinski definition) is 2. The van der Waals surface area contributed by atoms with Crippen LogP contribution in [0.15, 0.2) is 48.5 Å². The van der Waals surface area contributed by atoms with Gasteiger partial charge in [0.25, 0.3) is 0 Å². The number of piperidine rings is 1. The first-order valence-electron chi connectivity index (χ1n) is 8.68. The number of rotatable bonds is 4. The molecule has 1 aliphatic heterocycles. The Morgan fingerprint density at radius 2 is 1.84 bits per heavy atom. The fourth-order valence-corrected chi connectivity index (χ4v) is 3.54. The Hall–Kier alpha value is -2.66. The molecule has 0 amide bonds. The third-order valence-electron chi connectivity index (χ3n) is 4.99. The minimum absolute atomic E-state index is 0.340. The molecule has 1 aromatic heterocycles. The molecule has 1 saturated heterocycles. The molecule has 2 heterocycles. The van der Waals surface area contributed by atoms with E-state index in [2.05, 4.69) is 16.0 Å². The molecular formula is C20H21N3O2. The summed E-state index contributed by atoms with van der Waals surface area (Å²) in [7, 11) is 0. The topological polar surface area (TPSA) is 69.2 Å². The van der Waals surface area contributed by atoms with Crippen LogP contribution >= 0.6 is 0 Å². The number of likely N-dealkylation sites (tertiary alicyclic amines) is 1. The van der Waals surface area contributed by atoms with Crippen LogP contribution in [-0.4, -0.2) is 39.0 Å². The average Bonchev–Trinajstić information content (AvgIpc) is 3.07. The number of para-hydroxylation sites is 2. The lowest BCUT2D eigenvalue weighted by Gasteiger charge is -2.31. The molecule has 3 aromatic rings. The van der Waals surface area contributed by atoms with E-state index < -0.39 is 5.97 Å². The second-order valence-corrected chi connectivity index (χ2v) is 6.69. The van der Waals surface area contributed by atoms with E-state index >= 15 is 0 Å². The highest BCUT2D eigenvalue weighted by Gasteiger charge is 2.23. The van der Waals surface area contributed by atoms with E-state index in [1.54, 1.807) is 12.1 Å². The Labute approximate surface area is 146 Å². The van der Waals surface area contributed by atoms with Gasteiger partial charge >= 0.3 is 5.97 Å². The van der Waals surface area contributed by atoms with Gasteiger partial charge < -0.3 is 10.1 Å². The number of fused-ring (bicyclic) bond motifs is 1. The van der Waals surface area contributed by atoms with Crippen molar-refractivity contribution in [2.24, 2.45) is 0 Å². The molecule has 0 saturated carbocycles. The van der Waals surface area contributed by atoms with Crippen molar-refractivity contribution in [2.75, 3.05) is 13.1 Å². The summed E-state index contributed by atoms with van der Waals surface area (Å²) in [5.41, 5.74) is 3.65. The van der Waals surface area contributed by atoms with Gasteiger partial charge in [-0.05, 0) is 55.8 Å². The lowest BCUT2D eigenvalue weighted by atomic mass is 9.96. The molecule has 5 nitrogen and oxygen atoms in total. The molecule has 128 valence electrons. The number of H-pyrrole nitrogens is 1. The first-order chi connectivity index (χ1) is 12.2. The molecule has 4 rings (SSSR count). The molecule has 2 aromatic carbocycles. The Morgan fingerprint density at radius 1 is 1.12 bits per heavy atom. The Bertz CT molecular complexity index is 844. The number of nitrogens with zero attached hydrogens (tertiary/aromatic N) is 2. The summed E-state index contributed by atoms with van der Waals surface area (Å²) in [6, 6.07) is 15.3. The average molecular weight is 335 g/mol. The molecule has 0 unspecified atom stereocenters. The number of aromatic nitrogens is 2. The highest BCUT2D eigenvalue weighted by molar-refractivity contribution is 5.87. The zero-order chi connectivity index (χ0) is 17.2. The van der Waals surface area contributed by atoms with Gasteiger partial charge in [0.2, 0.25) is 0 Å². The van der Waals surface area contributed by atoms with E-state index in [9.17, 15) is 4.79 Å². The van der Waals surface area contributed by atoms with E-state index in [4.69, 9.17) is 10.1 Å². The third-order valence-corrected chi connectivity index (χ3v) is 4.99. The molecule has 1 fully saturated rings. The maximum atomic E-state index is 10.9. The molecule has 0 aliphatic carbocycles. The lowest BCUT2D eigenvalue weighted by molar-refractivity contribution is 0.0697. The maximum absolute atomic E-state index is 10.9. The molecule has 0 bridgehead atoms. The number of carboxylic acids is 1. The standard InChI is InChI=1S/C20H21N3O2/c24-20(25)16-7-5-14(6-8-16)13-23-11-9-15(10-12-23)19-21-17-3-1-2-4-18(17)22-19/h1-8,15H,9-13H2,(H,21,22)(H,24,25). The van der Waals surface area contributed by atoms with Gasteiger partial charge in [-0.15, -0.1) is 0 Å². The van der Waals surface area contributed by atoms with Crippen molar-refractivity contribution in [3.63, 3.8) is 0 Å². The highest BCUT2D eigenvalue weighted by Crippen LogP contribution is 2.28. The summed E-state index contributed by atoms with van der Waals surface area (Å²) >= 11 is 0. The lowest BCUT2D eigenvalue weighted by Crippen LogP contribution is -2.32. The van der Waals surface area contributed by atoms with Gasteiger partial charge in [0.15, 0.2) is 0 Å². The summed E-state index contributed by atoms with van der Waals surface area (Å²) in [6.45, 7) is 2.93. The van der Waals surface area contributed by atoms with Crippen LogP contribution in [0.2, 0.25) is 0 Å². The number of carboxylic acid groups (broad SMARTS) is 1. The predicted octanol–water partition coefficient (Wildman–Crippen LogP) is 3.64. The van der Waals surface area contributed by atoms with Crippen LogP contribution in [0.4, 0.5) is 0 Å². The molecule has 0 radical (unpaired) electrons.